The fourth-order valence-electron chi connectivity index (χ4n) is 1.91. The van der Waals surface area contributed by atoms with Crippen LogP contribution in [0.5, 0.6) is 0 Å². The molecule has 5 nitrogen and oxygen atoms in total. The van der Waals surface area contributed by atoms with Gasteiger partial charge in [0.1, 0.15) is 15.6 Å². The Morgan fingerprint density at radius 2 is 2.09 bits per heavy atom. The Hall–Kier alpha value is 0.400. The van der Waals surface area contributed by atoms with Gasteiger partial charge in [-0.25, -0.2) is 4.79 Å². The number of halogens is 3. The van der Waals surface area contributed by atoms with Gasteiger partial charge in [0.2, 0.25) is 5.91 Å². The zero-order chi connectivity index (χ0) is 17.8. The number of carbonyl (C=O) groups excluding carboxylic acids is 1. The van der Waals surface area contributed by atoms with Crippen molar-refractivity contribution in [2.24, 2.45) is 5.92 Å². The molecule has 1 saturated heterocycles. The molecule has 1 aliphatic heterocycles. The molecular weight excluding hydrogens is 425 g/mol. The number of β-lactam (4-membered cyclic amide) rings is 1. The Kier molecular flexibility index (Phi) is 8.57. The molecule has 0 spiro atoms. The predicted octanol–water partition coefficient (Wildman–Crippen LogP) is 4.43. The molecule has 1 aliphatic rings. The van der Waals surface area contributed by atoms with Gasteiger partial charge in [-0.2, -0.15) is 0 Å². The van der Waals surface area contributed by atoms with Gasteiger partial charge in [-0.15, -0.1) is 11.8 Å². The van der Waals surface area contributed by atoms with Gasteiger partial charge in [0, 0.05) is 5.25 Å². The van der Waals surface area contributed by atoms with Gasteiger partial charge in [-0.3, -0.25) is 4.79 Å². The molecule has 1 fully saturated rings. The van der Waals surface area contributed by atoms with Gasteiger partial charge in [-0.05, 0) is 12.8 Å². The van der Waals surface area contributed by atoms with Crippen LogP contribution in [0.2, 0.25) is 0 Å². The molecule has 0 aliphatic carbocycles. The molecule has 1 rings (SSSR count). The number of alkyl halides is 3. The Morgan fingerprint density at radius 1 is 1.48 bits per heavy atom. The number of thioether (sulfide) groups is 2. The van der Waals surface area contributed by atoms with Crippen molar-refractivity contribution in [3.8, 4) is 0 Å². The Labute approximate surface area is 163 Å². The molecule has 11 heteroatoms. The lowest BCUT2D eigenvalue weighted by Gasteiger charge is -2.40. The van der Waals surface area contributed by atoms with Gasteiger partial charge in [0.05, 0.1) is 5.37 Å². The lowest BCUT2D eigenvalue weighted by atomic mass is 9.91. The first-order valence-electron chi connectivity index (χ1n) is 6.63. The highest BCUT2D eigenvalue weighted by molar-refractivity contribution is 8.47. The van der Waals surface area contributed by atoms with Crippen LogP contribution < -0.4 is 5.32 Å². The standard InChI is InChI=1S/C12H16Cl3NO4S3/c1-5(2)22-11(21)23-9-7(8(17)16-9)6(20-10(18)19)3-4-12(13,14)15/h5-7,9H,3-4H2,1-2H3,(H,16,17)(H,18,19)/t6?,7-,9-/m1/s1. The molecule has 0 aromatic rings. The van der Waals surface area contributed by atoms with Crippen LogP contribution >= 0.6 is 70.5 Å². The minimum Gasteiger partial charge on any atom is -0.450 e. The molecule has 1 unspecified atom stereocenters. The molecular formula is C12H16Cl3NO4S3. The quantitative estimate of drug-likeness (QED) is 0.274. The van der Waals surface area contributed by atoms with Crippen LogP contribution in [0.3, 0.4) is 0 Å². The molecule has 3 atom stereocenters. The van der Waals surface area contributed by atoms with Crippen LogP contribution in [-0.2, 0) is 9.53 Å². The molecule has 132 valence electrons. The topological polar surface area (TPSA) is 75.6 Å². The van der Waals surface area contributed by atoms with E-state index in [9.17, 15) is 9.59 Å². The number of thiocarbonyl (C=S) groups is 1. The molecule has 0 aromatic heterocycles. The van der Waals surface area contributed by atoms with Gasteiger partial charge in [-0.1, -0.05) is 72.6 Å². The van der Waals surface area contributed by atoms with Crippen LogP contribution in [0.15, 0.2) is 0 Å². The van der Waals surface area contributed by atoms with Crippen molar-refractivity contribution >= 4 is 86.1 Å². The van der Waals surface area contributed by atoms with E-state index in [1.807, 2.05) is 13.8 Å². The number of nitrogens with one attached hydrogen (secondary N) is 1. The third-order valence-corrected chi connectivity index (χ3v) is 6.08. The zero-order valence-corrected chi connectivity index (χ0v) is 17.0. The maximum absolute atomic E-state index is 11.8. The van der Waals surface area contributed by atoms with Gasteiger partial charge in [0.15, 0.2) is 3.79 Å². The fraction of sp³-hybridized carbons (Fsp3) is 0.750. The molecule has 1 heterocycles. The third-order valence-electron chi connectivity index (χ3n) is 2.83. The number of amides is 1. The summed E-state index contributed by atoms with van der Waals surface area (Å²) in [5.74, 6) is -0.954. The van der Waals surface area contributed by atoms with Crippen molar-refractivity contribution in [1.82, 2.24) is 5.32 Å². The van der Waals surface area contributed by atoms with Crippen LogP contribution in [0.1, 0.15) is 26.7 Å². The van der Waals surface area contributed by atoms with Crippen molar-refractivity contribution < 1.29 is 19.4 Å². The monoisotopic (exact) mass is 439 g/mol. The molecule has 0 saturated carbocycles. The normalized spacial score (nSPS) is 22.3. The summed E-state index contributed by atoms with van der Waals surface area (Å²) >= 11 is 25.1. The van der Waals surface area contributed by atoms with Crippen molar-refractivity contribution in [1.29, 1.82) is 0 Å². The first-order chi connectivity index (χ1) is 10.5. The Morgan fingerprint density at radius 3 is 2.52 bits per heavy atom. The minimum atomic E-state index is -1.54. The van der Waals surface area contributed by atoms with E-state index in [0.29, 0.717) is 8.78 Å². The summed E-state index contributed by atoms with van der Waals surface area (Å²) < 4.78 is 3.97. The third kappa shape index (κ3) is 7.88. The number of rotatable bonds is 6. The summed E-state index contributed by atoms with van der Waals surface area (Å²) in [5, 5.41) is 11.5. The van der Waals surface area contributed by atoms with Gasteiger partial charge < -0.3 is 15.2 Å². The van der Waals surface area contributed by atoms with E-state index in [1.54, 1.807) is 0 Å². The summed E-state index contributed by atoms with van der Waals surface area (Å²) in [6.07, 6.45) is -2.16. The minimum absolute atomic E-state index is 0.0714. The van der Waals surface area contributed by atoms with E-state index in [1.165, 1.54) is 23.5 Å². The maximum Gasteiger partial charge on any atom is 0.506 e. The molecule has 23 heavy (non-hydrogen) atoms. The van der Waals surface area contributed by atoms with E-state index < -0.39 is 22.0 Å². The number of ether oxygens (including phenoxy) is 1. The molecule has 0 radical (unpaired) electrons. The van der Waals surface area contributed by atoms with Crippen LogP contribution in [0, 0.1) is 5.92 Å². The zero-order valence-electron chi connectivity index (χ0n) is 12.3. The summed E-state index contributed by atoms with van der Waals surface area (Å²) in [4.78, 5) is 22.7. The van der Waals surface area contributed by atoms with Gasteiger partial charge >= 0.3 is 6.16 Å². The highest BCUT2D eigenvalue weighted by atomic mass is 35.6. The van der Waals surface area contributed by atoms with Crippen molar-refractivity contribution in [2.45, 2.75) is 47.2 Å². The Bertz CT molecular complexity index is 473. The van der Waals surface area contributed by atoms with E-state index in [4.69, 9.17) is 56.9 Å². The largest absolute Gasteiger partial charge is 0.506 e. The second-order valence-electron chi connectivity index (χ2n) is 5.07. The van der Waals surface area contributed by atoms with E-state index >= 15 is 0 Å². The average Bonchev–Trinajstić information content (AvgIpc) is 2.32. The van der Waals surface area contributed by atoms with Crippen LogP contribution in [-0.4, -0.2) is 41.2 Å². The first-order valence-corrected chi connectivity index (χ1v) is 9.93. The van der Waals surface area contributed by atoms with E-state index in [0.717, 1.165) is 0 Å². The lowest BCUT2D eigenvalue weighted by molar-refractivity contribution is -0.138. The van der Waals surface area contributed by atoms with E-state index in [2.05, 4.69) is 5.32 Å². The molecule has 0 aromatic carbocycles. The van der Waals surface area contributed by atoms with Crippen molar-refractivity contribution in [3.63, 3.8) is 0 Å². The fourth-order valence-corrected chi connectivity index (χ4v) is 5.44. The van der Waals surface area contributed by atoms with Gasteiger partial charge in [0.25, 0.3) is 0 Å². The second kappa shape index (κ2) is 9.20. The molecule has 2 N–H and O–H groups in total. The second-order valence-corrected chi connectivity index (χ2v) is 11.5. The molecule has 0 bridgehead atoms. The average molecular weight is 441 g/mol. The maximum atomic E-state index is 11.8. The number of hydrogen-bond acceptors (Lipinski definition) is 6. The summed E-state index contributed by atoms with van der Waals surface area (Å²) in [5.41, 5.74) is 0. The highest BCUT2D eigenvalue weighted by Crippen LogP contribution is 2.38. The van der Waals surface area contributed by atoms with Crippen molar-refractivity contribution in [2.75, 3.05) is 0 Å². The smallest absolute Gasteiger partial charge is 0.450 e. The number of carbonyl (C=O) groups is 2. The van der Waals surface area contributed by atoms with E-state index in [-0.39, 0.29) is 24.1 Å². The predicted molar refractivity (Wildman–Crippen MR) is 101 cm³/mol. The van der Waals surface area contributed by atoms with Crippen LogP contribution in [0.25, 0.3) is 0 Å². The lowest BCUT2D eigenvalue weighted by Crippen LogP contribution is -2.61. The summed E-state index contributed by atoms with van der Waals surface area (Å²) in [6, 6.07) is 0. The highest BCUT2D eigenvalue weighted by Gasteiger charge is 2.47. The Balaban J connectivity index is 2.71. The van der Waals surface area contributed by atoms with Crippen molar-refractivity contribution in [3.05, 3.63) is 0 Å². The summed E-state index contributed by atoms with van der Waals surface area (Å²) in [7, 11) is 0. The summed E-state index contributed by atoms with van der Waals surface area (Å²) in [6.45, 7) is 4.01. The SMILES string of the molecule is CC(C)SC(=S)S[C@H]1NC(=O)[C@H]1C(CCC(Cl)(Cl)Cl)OC(=O)O. The number of carboxylic acid groups (broad SMARTS) is 1. The number of hydrogen-bond donors (Lipinski definition) is 2. The van der Waals surface area contributed by atoms with Crippen LogP contribution in [0.4, 0.5) is 4.79 Å². The molecule has 1 amide bonds. The first kappa shape index (κ1) is 21.4.